The van der Waals surface area contributed by atoms with E-state index in [1.54, 1.807) is 0 Å². The standard InChI is InChI=1S/C12H11N3/c1-9-12(8-14-15(9)2)11-5-3-10(7-13)4-6-11/h3-6,8H,1-2H3. The Kier molecular flexibility index (Phi) is 2.26. The Hall–Kier alpha value is -2.08. The van der Waals surface area contributed by atoms with E-state index < -0.39 is 0 Å². The number of benzene rings is 1. The molecule has 1 aromatic carbocycles. The Bertz CT molecular complexity index is 515. The molecule has 2 rings (SSSR count). The van der Waals surface area contributed by atoms with Gasteiger partial charge in [-0.05, 0) is 24.6 Å². The van der Waals surface area contributed by atoms with E-state index in [1.807, 2.05) is 49.1 Å². The van der Waals surface area contributed by atoms with Crippen LogP contribution in [0.2, 0.25) is 0 Å². The summed E-state index contributed by atoms with van der Waals surface area (Å²) in [6.45, 7) is 2.03. The zero-order chi connectivity index (χ0) is 10.8. The van der Waals surface area contributed by atoms with Crippen LogP contribution in [0, 0.1) is 18.3 Å². The molecule has 1 heterocycles. The molecule has 0 spiro atoms. The van der Waals surface area contributed by atoms with Crippen molar-refractivity contribution in [2.24, 2.45) is 7.05 Å². The summed E-state index contributed by atoms with van der Waals surface area (Å²) in [6.07, 6.45) is 1.84. The van der Waals surface area contributed by atoms with Gasteiger partial charge in [-0.3, -0.25) is 4.68 Å². The maximum absolute atomic E-state index is 8.69. The number of aryl methyl sites for hydroxylation is 1. The van der Waals surface area contributed by atoms with Gasteiger partial charge in [0.25, 0.3) is 0 Å². The van der Waals surface area contributed by atoms with Gasteiger partial charge in [-0.15, -0.1) is 0 Å². The number of nitriles is 1. The van der Waals surface area contributed by atoms with Gasteiger partial charge in [0.2, 0.25) is 0 Å². The van der Waals surface area contributed by atoms with Gasteiger partial charge in [-0.2, -0.15) is 10.4 Å². The summed E-state index contributed by atoms with van der Waals surface area (Å²) in [6, 6.07) is 9.64. The number of hydrogen-bond donors (Lipinski definition) is 0. The average molecular weight is 197 g/mol. The molecule has 0 bridgehead atoms. The Labute approximate surface area is 88.6 Å². The van der Waals surface area contributed by atoms with Crippen molar-refractivity contribution in [2.75, 3.05) is 0 Å². The van der Waals surface area contributed by atoms with Gasteiger partial charge >= 0.3 is 0 Å². The largest absolute Gasteiger partial charge is 0.272 e. The fourth-order valence-electron chi connectivity index (χ4n) is 1.51. The van der Waals surface area contributed by atoms with Crippen LogP contribution in [-0.2, 0) is 7.05 Å². The highest BCUT2D eigenvalue weighted by molar-refractivity contribution is 5.65. The van der Waals surface area contributed by atoms with E-state index in [2.05, 4.69) is 11.2 Å². The summed E-state index contributed by atoms with van der Waals surface area (Å²) in [5.74, 6) is 0. The van der Waals surface area contributed by atoms with Crippen molar-refractivity contribution < 1.29 is 0 Å². The summed E-state index contributed by atoms with van der Waals surface area (Å²) < 4.78 is 1.84. The zero-order valence-electron chi connectivity index (χ0n) is 8.73. The first-order valence-electron chi connectivity index (χ1n) is 4.71. The van der Waals surface area contributed by atoms with Crippen LogP contribution in [0.15, 0.2) is 30.5 Å². The van der Waals surface area contributed by atoms with Crippen LogP contribution in [0.3, 0.4) is 0 Å². The van der Waals surface area contributed by atoms with Crippen LogP contribution in [0.4, 0.5) is 0 Å². The maximum atomic E-state index is 8.69. The number of rotatable bonds is 1. The molecule has 0 radical (unpaired) electrons. The number of aromatic nitrogens is 2. The van der Waals surface area contributed by atoms with E-state index in [-0.39, 0.29) is 0 Å². The van der Waals surface area contributed by atoms with Crippen molar-refractivity contribution in [1.29, 1.82) is 5.26 Å². The fraction of sp³-hybridized carbons (Fsp3) is 0.167. The summed E-state index contributed by atoms with van der Waals surface area (Å²) in [4.78, 5) is 0. The lowest BCUT2D eigenvalue weighted by molar-refractivity contribution is 0.740. The number of nitrogens with zero attached hydrogens (tertiary/aromatic N) is 3. The van der Waals surface area contributed by atoms with E-state index in [0.29, 0.717) is 5.56 Å². The van der Waals surface area contributed by atoms with Gasteiger partial charge in [-0.1, -0.05) is 12.1 Å². The molecule has 0 atom stereocenters. The quantitative estimate of drug-likeness (QED) is 0.703. The van der Waals surface area contributed by atoms with Gasteiger partial charge in [0.05, 0.1) is 17.8 Å². The molecule has 3 heteroatoms. The Morgan fingerprint density at radius 3 is 2.40 bits per heavy atom. The van der Waals surface area contributed by atoms with Gasteiger partial charge < -0.3 is 0 Å². The number of hydrogen-bond acceptors (Lipinski definition) is 2. The molecular weight excluding hydrogens is 186 g/mol. The van der Waals surface area contributed by atoms with E-state index in [1.165, 1.54) is 0 Å². The third kappa shape index (κ3) is 1.62. The van der Waals surface area contributed by atoms with Crippen LogP contribution in [0.25, 0.3) is 11.1 Å². The minimum atomic E-state index is 0.681. The maximum Gasteiger partial charge on any atom is 0.0991 e. The second-order valence-corrected chi connectivity index (χ2v) is 3.46. The van der Waals surface area contributed by atoms with E-state index in [0.717, 1.165) is 16.8 Å². The Morgan fingerprint density at radius 2 is 1.93 bits per heavy atom. The van der Waals surface area contributed by atoms with Crippen LogP contribution in [0.1, 0.15) is 11.3 Å². The highest BCUT2D eigenvalue weighted by atomic mass is 15.3. The lowest BCUT2D eigenvalue weighted by Gasteiger charge is -2.00. The molecule has 3 nitrogen and oxygen atoms in total. The Morgan fingerprint density at radius 1 is 1.27 bits per heavy atom. The van der Waals surface area contributed by atoms with E-state index in [9.17, 15) is 0 Å². The molecule has 1 aromatic heterocycles. The van der Waals surface area contributed by atoms with Crippen molar-refractivity contribution in [3.8, 4) is 17.2 Å². The molecule has 15 heavy (non-hydrogen) atoms. The molecule has 0 saturated heterocycles. The molecule has 0 saturated carbocycles. The second-order valence-electron chi connectivity index (χ2n) is 3.46. The van der Waals surface area contributed by atoms with Crippen LogP contribution < -0.4 is 0 Å². The molecule has 74 valence electrons. The monoisotopic (exact) mass is 197 g/mol. The summed E-state index contributed by atoms with van der Waals surface area (Å²) in [5.41, 5.74) is 4.02. The van der Waals surface area contributed by atoms with Gasteiger partial charge in [0, 0.05) is 18.3 Å². The van der Waals surface area contributed by atoms with Crippen LogP contribution in [0.5, 0.6) is 0 Å². The lowest BCUT2D eigenvalue weighted by Crippen LogP contribution is -1.92. The highest BCUT2D eigenvalue weighted by Crippen LogP contribution is 2.22. The van der Waals surface area contributed by atoms with Crippen LogP contribution in [-0.4, -0.2) is 9.78 Å². The smallest absolute Gasteiger partial charge is 0.0991 e. The van der Waals surface area contributed by atoms with E-state index in [4.69, 9.17) is 5.26 Å². The highest BCUT2D eigenvalue weighted by Gasteiger charge is 2.05. The van der Waals surface area contributed by atoms with Crippen molar-refractivity contribution in [3.05, 3.63) is 41.7 Å². The average Bonchev–Trinajstić information content (AvgIpc) is 2.60. The molecule has 0 aliphatic heterocycles. The predicted octanol–water partition coefficient (Wildman–Crippen LogP) is 2.27. The molecule has 0 unspecified atom stereocenters. The fourth-order valence-corrected chi connectivity index (χ4v) is 1.51. The molecule has 0 amide bonds. The predicted molar refractivity (Wildman–Crippen MR) is 58.1 cm³/mol. The van der Waals surface area contributed by atoms with Crippen LogP contribution >= 0.6 is 0 Å². The first-order chi connectivity index (χ1) is 7.22. The van der Waals surface area contributed by atoms with Crippen molar-refractivity contribution in [1.82, 2.24) is 9.78 Å². The third-order valence-electron chi connectivity index (χ3n) is 2.56. The lowest BCUT2D eigenvalue weighted by atomic mass is 10.1. The summed E-state index contributed by atoms with van der Waals surface area (Å²) >= 11 is 0. The van der Waals surface area contributed by atoms with Crippen molar-refractivity contribution in [2.45, 2.75) is 6.92 Å². The van der Waals surface area contributed by atoms with Gasteiger partial charge in [-0.25, -0.2) is 0 Å². The molecule has 0 N–H and O–H groups in total. The molecule has 2 aromatic rings. The minimum Gasteiger partial charge on any atom is -0.272 e. The van der Waals surface area contributed by atoms with Gasteiger partial charge in [0.15, 0.2) is 0 Å². The summed E-state index contributed by atoms with van der Waals surface area (Å²) in [7, 11) is 1.92. The first kappa shape index (κ1) is 9.47. The van der Waals surface area contributed by atoms with E-state index >= 15 is 0 Å². The first-order valence-corrected chi connectivity index (χ1v) is 4.71. The Balaban J connectivity index is 2.47. The van der Waals surface area contributed by atoms with Gasteiger partial charge in [0.1, 0.15) is 0 Å². The summed E-state index contributed by atoms with van der Waals surface area (Å²) in [5, 5.41) is 12.9. The molecular formula is C12H11N3. The van der Waals surface area contributed by atoms with Crippen molar-refractivity contribution >= 4 is 0 Å². The molecule has 0 aliphatic carbocycles. The molecule has 0 aliphatic rings. The SMILES string of the molecule is Cc1c(-c2ccc(C#N)cc2)cnn1C. The molecule has 0 fully saturated rings. The zero-order valence-corrected chi connectivity index (χ0v) is 8.73. The van der Waals surface area contributed by atoms with Crippen molar-refractivity contribution in [3.63, 3.8) is 0 Å². The topological polar surface area (TPSA) is 41.6 Å². The second kappa shape index (κ2) is 3.58. The normalized spacial score (nSPS) is 9.93. The minimum absolute atomic E-state index is 0.681. The third-order valence-corrected chi connectivity index (χ3v) is 2.56.